The molecule has 0 amide bonds. The minimum Gasteiger partial charge on any atom is -0.505 e. The van der Waals surface area contributed by atoms with Crippen LogP contribution in [0, 0.1) is 23.5 Å². The third kappa shape index (κ3) is 4.85. The van der Waals surface area contributed by atoms with Gasteiger partial charge in [0.2, 0.25) is 11.6 Å². The van der Waals surface area contributed by atoms with Crippen molar-refractivity contribution in [3.63, 3.8) is 0 Å². The van der Waals surface area contributed by atoms with Crippen molar-refractivity contribution in [1.29, 1.82) is 0 Å². The van der Waals surface area contributed by atoms with Gasteiger partial charge >= 0.3 is 0 Å². The van der Waals surface area contributed by atoms with Gasteiger partial charge in [-0.1, -0.05) is 0 Å². The molecule has 1 aromatic rings. The summed E-state index contributed by atoms with van der Waals surface area (Å²) >= 11 is 0. The SMILES string of the molecule is CCOc1ccc(OCC2CCC(/C=C/OC)CC2)c(F)c1F. The van der Waals surface area contributed by atoms with Crippen molar-refractivity contribution in [2.45, 2.75) is 32.6 Å². The molecule has 0 spiro atoms. The Morgan fingerprint density at radius 3 is 2.22 bits per heavy atom. The van der Waals surface area contributed by atoms with Crippen LogP contribution >= 0.6 is 0 Å². The first kappa shape index (κ1) is 17.6. The zero-order valence-corrected chi connectivity index (χ0v) is 13.7. The van der Waals surface area contributed by atoms with Crippen LogP contribution in [0.1, 0.15) is 32.6 Å². The third-order valence-corrected chi connectivity index (χ3v) is 4.16. The van der Waals surface area contributed by atoms with E-state index in [1.54, 1.807) is 20.3 Å². The molecule has 0 aliphatic heterocycles. The molecule has 3 nitrogen and oxygen atoms in total. The second-order valence-electron chi connectivity index (χ2n) is 5.78. The second-order valence-corrected chi connectivity index (χ2v) is 5.78. The van der Waals surface area contributed by atoms with Gasteiger partial charge < -0.3 is 14.2 Å². The number of rotatable bonds is 7. The molecular weight excluding hydrogens is 302 g/mol. The van der Waals surface area contributed by atoms with E-state index in [1.165, 1.54) is 12.1 Å². The van der Waals surface area contributed by atoms with Crippen LogP contribution in [0.4, 0.5) is 8.78 Å². The van der Waals surface area contributed by atoms with Crippen LogP contribution < -0.4 is 9.47 Å². The van der Waals surface area contributed by atoms with E-state index in [2.05, 4.69) is 6.08 Å². The highest BCUT2D eigenvalue weighted by Crippen LogP contribution is 2.32. The number of hydrogen-bond acceptors (Lipinski definition) is 3. The summed E-state index contributed by atoms with van der Waals surface area (Å²) in [6.07, 6.45) is 7.96. The molecule has 2 rings (SSSR count). The van der Waals surface area contributed by atoms with Gasteiger partial charge in [0, 0.05) is 0 Å². The van der Waals surface area contributed by atoms with Gasteiger partial charge in [-0.05, 0) is 62.7 Å². The molecule has 5 heteroatoms. The van der Waals surface area contributed by atoms with E-state index in [0.29, 0.717) is 18.4 Å². The van der Waals surface area contributed by atoms with Gasteiger partial charge in [0.1, 0.15) is 0 Å². The number of halogens is 2. The lowest BCUT2D eigenvalue weighted by molar-refractivity contribution is 0.186. The average Bonchev–Trinajstić information content (AvgIpc) is 2.57. The Kier molecular flexibility index (Phi) is 6.68. The number of hydrogen-bond donors (Lipinski definition) is 0. The maximum Gasteiger partial charge on any atom is 0.204 e. The highest BCUT2D eigenvalue weighted by Gasteiger charge is 2.21. The van der Waals surface area contributed by atoms with Crippen molar-refractivity contribution in [2.75, 3.05) is 20.3 Å². The third-order valence-electron chi connectivity index (χ3n) is 4.16. The molecule has 0 radical (unpaired) electrons. The smallest absolute Gasteiger partial charge is 0.204 e. The van der Waals surface area contributed by atoms with E-state index in [-0.39, 0.29) is 18.1 Å². The number of ether oxygens (including phenoxy) is 3. The van der Waals surface area contributed by atoms with Crippen LogP contribution in [0.3, 0.4) is 0 Å². The van der Waals surface area contributed by atoms with Gasteiger partial charge in [0.15, 0.2) is 11.5 Å². The zero-order valence-electron chi connectivity index (χ0n) is 13.7. The molecule has 0 heterocycles. The fourth-order valence-electron chi connectivity index (χ4n) is 2.84. The van der Waals surface area contributed by atoms with Crippen molar-refractivity contribution in [2.24, 2.45) is 11.8 Å². The predicted octanol–water partition coefficient (Wildman–Crippen LogP) is 4.71. The number of benzene rings is 1. The molecule has 0 unspecified atom stereocenters. The summed E-state index contributed by atoms with van der Waals surface area (Å²) in [5.74, 6) is -1.19. The van der Waals surface area contributed by atoms with Crippen molar-refractivity contribution < 1.29 is 23.0 Å². The number of allylic oxidation sites excluding steroid dienone is 1. The summed E-state index contributed by atoms with van der Waals surface area (Å²) in [4.78, 5) is 0. The van der Waals surface area contributed by atoms with Crippen molar-refractivity contribution in [1.82, 2.24) is 0 Å². The van der Waals surface area contributed by atoms with Crippen molar-refractivity contribution >= 4 is 0 Å². The molecule has 128 valence electrons. The summed E-state index contributed by atoms with van der Waals surface area (Å²) in [6, 6.07) is 2.83. The van der Waals surface area contributed by atoms with E-state index < -0.39 is 11.6 Å². The van der Waals surface area contributed by atoms with Gasteiger partial charge in [-0.3, -0.25) is 0 Å². The first-order valence-corrected chi connectivity index (χ1v) is 8.08. The van der Waals surface area contributed by atoms with E-state index in [0.717, 1.165) is 25.7 Å². The summed E-state index contributed by atoms with van der Waals surface area (Å²) in [7, 11) is 1.64. The summed E-state index contributed by atoms with van der Waals surface area (Å²) in [6.45, 7) is 2.42. The molecule has 0 aromatic heterocycles. The average molecular weight is 326 g/mol. The first-order chi connectivity index (χ1) is 11.2. The summed E-state index contributed by atoms with van der Waals surface area (Å²) in [5, 5.41) is 0. The maximum atomic E-state index is 13.9. The molecule has 1 aliphatic rings. The summed E-state index contributed by atoms with van der Waals surface area (Å²) < 4.78 is 43.2. The topological polar surface area (TPSA) is 27.7 Å². The Hall–Kier alpha value is -1.78. The van der Waals surface area contributed by atoms with Crippen LogP contribution in [-0.2, 0) is 4.74 Å². The molecule has 0 N–H and O–H groups in total. The molecule has 0 atom stereocenters. The summed E-state index contributed by atoms with van der Waals surface area (Å²) in [5.41, 5.74) is 0. The van der Waals surface area contributed by atoms with Crippen molar-refractivity contribution in [3.8, 4) is 11.5 Å². The van der Waals surface area contributed by atoms with Gasteiger partial charge in [-0.25, -0.2) is 0 Å². The lowest BCUT2D eigenvalue weighted by Crippen LogP contribution is -2.19. The zero-order chi connectivity index (χ0) is 16.7. The van der Waals surface area contributed by atoms with Crippen LogP contribution in [0.5, 0.6) is 11.5 Å². The van der Waals surface area contributed by atoms with E-state index in [1.807, 2.05) is 0 Å². The van der Waals surface area contributed by atoms with Gasteiger partial charge in [0.05, 0.1) is 26.6 Å². The van der Waals surface area contributed by atoms with Gasteiger partial charge in [-0.15, -0.1) is 0 Å². The fraction of sp³-hybridized carbons (Fsp3) is 0.556. The van der Waals surface area contributed by atoms with Crippen molar-refractivity contribution in [3.05, 3.63) is 36.1 Å². The quantitative estimate of drug-likeness (QED) is 0.679. The van der Waals surface area contributed by atoms with Crippen LogP contribution in [0.25, 0.3) is 0 Å². The van der Waals surface area contributed by atoms with E-state index >= 15 is 0 Å². The predicted molar refractivity (Wildman–Crippen MR) is 84.6 cm³/mol. The highest BCUT2D eigenvalue weighted by molar-refractivity contribution is 5.35. The Bertz CT molecular complexity index is 523. The molecule has 1 aromatic carbocycles. The van der Waals surface area contributed by atoms with E-state index in [4.69, 9.17) is 14.2 Å². The largest absolute Gasteiger partial charge is 0.505 e. The Balaban J connectivity index is 1.85. The molecule has 0 saturated heterocycles. The molecular formula is C18H24F2O3. The molecule has 1 fully saturated rings. The van der Waals surface area contributed by atoms with E-state index in [9.17, 15) is 8.78 Å². The normalized spacial score (nSPS) is 21.4. The Morgan fingerprint density at radius 1 is 1.04 bits per heavy atom. The molecule has 23 heavy (non-hydrogen) atoms. The Labute approximate surface area is 136 Å². The van der Waals surface area contributed by atoms with Gasteiger partial charge in [-0.2, -0.15) is 8.78 Å². The fourth-order valence-corrected chi connectivity index (χ4v) is 2.84. The minimum atomic E-state index is -0.988. The second kappa shape index (κ2) is 8.75. The highest BCUT2D eigenvalue weighted by atomic mass is 19.2. The minimum absolute atomic E-state index is 0.0487. The number of methoxy groups -OCH3 is 1. The van der Waals surface area contributed by atoms with Crippen LogP contribution in [0.2, 0.25) is 0 Å². The Morgan fingerprint density at radius 2 is 1.65 bits per heavy atom. The lowest BCUT2D eigenvalue weighted by Gasteiger charge is -2.26. The lowest BCUT2D eigenvalue weighted by atomic mass is 9.82. The molecule has 0 bridgehead atoms. The molecule has 1 aliphatic carbocycles. The maximum absolute atomic E-state index is 13.9. The van der Waals surface area contributed by atoms with Gasteiger partial charge in [0.25, 0.3) is 0 Å². The first-order valence-electron chi connectivity index (χ1n) is 8.08. The monoisotopic (exact) mass is 326 g/mol. The van der Waals surface area contributed by atoms with Crippen LogP contribution in [0.15, 0.2) is 24.5 Å². The molecule has 1 saturated carbocycles. The van der Waals surface area contributed by atoms with Crippen LogP contribution in [-0.4, -0.2) is 20.3 Å². The standard InChI is InChI=1S/C18H24F2O3/c1-3-22-15-8-9-16(18(20)17(15)19)23-12-14-6-4-13(5-7-14)10-11-21-2/h8-11,13-14H,3-7,12H2,1-2H3/b11-10+.